The maximum atomic E-state index is 9.49. The molecule has 0 aliphatic rings. The molecule has 0 saturated heterocycles. The Morgan fingerprint density at radius 1 is 1.88 bits per heavy atom. The number of ether oxygens (including phenoxy) is 1. The molecular weight excluding hydrogens is 126 g/mol. The van der Waals surface area contributed by atoms with E-state index < -0.39 is 0 Å². The van der Waals surface area contributed by atoms with Crippen LogP contribution in [0.3, 0.4) is 0 Å². The standard InChI is InChI=1S/C4H2NO2S/c6-3-7-4-5-1-2-8-4/h1-2H. The van der Waals surface area contributed by atoms with Crippen molar-refractivity contribution in [3.63, 3.8) is 0 Å². The summed E-state index contributed by atoms with van der Waals surface area (Å²) in [6.07, 6.45) is 1.55. The molecule has 0 fully saturated rings. The molecule has 0 bridgehead atoms. The molecule has 0 saturated carbocycles. The van der Waals surface area contributed by atoms with Gasteiger partial charge in [0.05, 0.1) is 0 Å². The van der Waals surface area contributed by atoms with E-state index in [9.17, 15) is 4.79 Å². The first-order valence-electron chi connectivity index (χ1n) is 1.87. The van der Waals surface area contributed by atoms with E-state index in [-0.39, 0.29) is 0 Å². The quantitative estimate of drug-likeness (QED) is 0.585. The van der Waals surface area contributed by atoms with Crippen molar-refractivity contribution in [2.75, 3.05) is 0 Å². The fourth-order valence-corrected chi connectivity index (χ4v) is 0.738. The molecular formula is C4H2NO2S. The normalized spacial score (nSPS) is 8.50. The van der Waals surface area contributed by atoms with Crippen molar-refractivity contribution in [3.05, 3.63) is 11.6 Å². The zero-order valence-corrected chi connectivity index (χ0v) is 4.64. The first-order valence-corrected chi connectivity index (χ1v) is 2.75. The lowest BCUT2D eigenvalue weighted by atomic mass is 11.0. The fraction of sp³-hybridized carbons (Fsp3) is 0. The molecule has 1 aromatic heterocycles. The van der Waals surface area contributed by atoms with Crippen LogP contribution in [0.25, 0.3) is 0 Å². The minimum atomic E-state index is 0.333. The maximum absolute atomic E-state index is 9.49. The lowest BCUT2D eigenvalue weighted by molar-refractivity contribution is 0.441. The summed E-state index contributed by atoms with van der Waals surface area (Å²) in [5.41, 5.74) is 0. The Hall–Kier alpha value is -0.900. The highest BCUT2D eigenvalue weighted by atomic mass is 32.1. The van der Waals surface area contributed by atoms with Crippen LogP contribution in [0, 0.1) is 0 Å². The van der Waals surface area contributed by atoms with Gasteiger partial charge in [0, 0.05) is 11.6 Å². The molecule has 1 radical (unpaired) electrons. The second kappa shape index (κ2) is 2.42. The van der Waals surface area contributed by atoms with Gasteiger partial charge in [0.25, 0.3) is 5.19 Å². The number of thiazole rings is 1. The highest BCUT2D eigenvalue weighted by Gasteiger charge is 1.90. The van der Waals surface area contributed by atoms with Gasteiger partial charge in [-0.1, -0.05) is 11.3 Å². The fourth-order valence-electron chi connectivity index (χ4n) is 0.296. The van der Waals surface area contributed by atoms with E-state index in [0.717, 1.165) is 0 Å². The van der Waals surface area contributed by atoms with Crippen LogP contribution in [0.4, 0.5) is 0 Å². The molecule has 41 valence electrons. The smallest absolute Gasteiger partial charge is 0.389 e. The molecule has 8 heavy (non-hydrogen) atoms. The van der Waals surface area contributed by atoms with Crippen LogP contribution in [0.15, 0.2) is 11.6 Å². The van der Waals surface area contributed by atoms with Gasteiger partial charge < -0.3 is 4.74 Å². The maximum Gasteiger partial charge on any atom is 0.425 e. The Balaban J connectivity index is 2.62. The monoisotopic (exact) mass is 128 g/mol. The molecule has 1 aromatic rings. The van der Waals surface area contributed by atoms with Crippen molar-refractivity contribution in [1.82, 2.24) is 4.98 Å². The first kappa shape index (κ1) is 5.24. The van der Waals surface area contributed by atoms with Gasteiger partial charge in [0.15, 0.2) is 0 Å². The Labute approximate surface area is 49.9 Å². The van der Waals surface area contributed by atoms with E-state index in [4.69, 9.17) is 0 Å². The van der Waals surface area contributed by atoms with Crippen LogP contribution in [-0.4, -0.2) is 11.5 Å². The van der Waals surface area contributed by atoms with Gasteiger partial charge in [0.2, 0.25) is 0 Å². The molecule has 4 heteroatoms. The number of aromatic nitrogens is 1. The molecule has 0 spiro atoms. The molecule has 1 heterocycles. The molecule has 0 amide bonds. The van der Waals surface area contributed by atoms with Crippen LogP contribution >= 0.6 is 11.3 Å². The summed E-state index contributed by atoms with van der Waals surface area (Å²) in [6.45, 7) is 1.27. The summed E-state index contributed by atoms with van der Waals surface area (Å²) < 4.78 is 4.25. The van der Waals surface area contributed by atoms with Crippen molar-refractivity contribution < 1.29 is 9.53 Å². The molecule has 0 unspecified atom stereocenters. The van der Waals surface area contributed by atoms with Crippen molar-refractivity contribution in [3.8, 4) is 5.19 Å². The summed E-state index contributed by atoms with van der Waals surface area (Å²) in [5.74, 6) is 0. The van der Waals surface area contributed by atoms with Gasteiger partial charge in [-0.3, -0.25) is 0 Å². The average Bonchev–Trinajstić information content (AvgIpc) is 2.19. The summed E-state index contributed by atoms with van der Waals surface area (Å²) in [7, 11) is 0. The van der Waals surface area contributed by atoms with Gasteiger partial charge in [-0.25, -0.2) is 9.78 Å². The van der Waals surface area contributed by atoms with Gasteiger partial charge in [0.1, 0.15) is 0 Å². The molecule has 0 N–H and O–H groups in total. The van der Waals surface area contributed by atoms with Crippen LogP contribution in [0.5, 0.6) is 5.19 Å². The molecule has 0 aliphatic heterocycles. The predicted octanol–water partition coefficient (Wildman–Crippen LogP) is 0.589. The minimum Gasteiger partial charge on any atom is -0.389 e. The van der Waals surface area contributed by atoms with E-state index in [1.807, 2.05) is 0 Å². The zero-order valence-electron chi connectivity index (χ0n) is 3.83. The van der Waals surface area contributed by atoms with Crippen molar-refractivity contribution >= 4 is 17.8 Å². The van der Waals surface area contributed by atoms with Crippen LogP contribution in [0.1, 0.15) is 0 Å². The van der Waals surface area contributed by atoms with Crippen molar-refractivity contribution in [1.29, 1.82) is 0 Å². The molecule has 0 aromatic carbocycles. The third-order valence-corrected chi connectivity index (χ3v) is 1.19. The van der Waals surface area contributed by atoms with Crippen molar-refractivity contribution in [2.24, 2.45) is 0 Å². The lowest BCUT2D eigenvalue weighted by Crippen LogP contribution is -1.84. The Kier molecular flexibility index (Phi) is 1.58. The zero-order chi connectivity index (χ0) is 5.82. The third kappa shape index (κ3) is 1.04. The topological polar surface area (TPSA) is 39.2 Å². The van der Waals surface area contributed by atoms with Gasteiger partial charge in [-0.05, 0) is 0 Å². The minimum absolute atomic E-state index is 0.333. The van der Waals surface area contributed by atoms with Crippen LogP contribution < -0.4 is 4.74 Å². The summed E-state index contributed by atoms with van der Waals surface area (Å²) in [4.78, 5) is 13.1. The highest BCUT2D eigenvalue weighted by molar-refractivity contribution is 7.11. The largest absolute Gasteiger partial charge is 0.425 e. The van der Waals surface area contributed by atoms with Crippen molar-refractivity contribution in [2.45, 2.75) is 0 Å². The van der Waals surface area contributed by atoms with E-state index in [0.29, 0.717) is 5.19 Å². The number of hydrogen-bond acceptors (Lipinski definition) is 4. The van der Waals surface area contributed by atoms with E-state index in [1.165, 1.54) is 17.8 Å². The molecule has 0 atom stereocenters. The average molecular weight is 128 g/mol. The first-order chi connectivity index (χ1) is 3.93. The number of nitrogens with zero attached hydrogens (tertiary/aromatic N) is 1. The van der Waals surface area contributed by atoms with E-state index in [1.54, 1.807) is 11.6 Å². The number of carbonyl (C=O) groups excluding carboxylic acids is 1. The molecule has 0 aliphatic carbocycles. The van der Waals surface area contributed by atoms with Gasteiger partial charge in [-0.15, -0.1) is 0 Å². The second-order valence-corrected chi connectivity index (χ2v) is 1.84. The summed E-state index contributed by atoms with van der Waals surface area (Å²) >= 11 is 1.25. The number of hydrogen-bond donors (Lipinski definition) is 0. The predicted molar refractivity (Wildman–Crippen MR) is 28.4 cm³/mol. The SMILES string of the molecule is O=[C]Oc1nccs1. The van der Waals surface area contributed by atoms with E-state index in [2.05, 4.69) is 9.72 Å². The Morgan fingerprint density at radius 2 is 2.75 bits per heavy atom. The van der Waals surface area contributed by atoms with Gasteiger partial charge in [-0.2, -0.15) is 0 Å². The summed E-state index contributed by atoms with van der Waals surface area (Å²) in [6, 6.07) is 0. The second-order valence-electron chi connectivity index (χ2n) is 0.983. The third-order valence-electron chi connectivity index (χ3n) is 0.539. The highest BCUT2D eigenvalue weighted by Crippen LogP contribution is 2.11. The van der Waals surface area contributed by atoms with Crippen LogP contribution in [-0.2, 0) is 4.79 Å². The van der Waals surface area contributed by atoms with E-state index >= 15 is 0 Å². The molecule has 1 rings (SSSR count). The number of rotatable bonds is 2. The lowest BCUT2D eigenvalue weighted by Gasteiger charge is -1.80. The summed E-state index contributed by atoms with van der Waals surface area (Å²) in [5, 5.41) is 2.05. The Bertz CT molecular complexity index is 161. The molecule has 3 nitrogen and oxygen atoms in total. The van der Waals surface area contributed by atoms with Gasteiger partial charge >= 0.3 is 6.47 Å². The van der Waals surface area contributed by atoms with Crippen LogP contribution in [0.2, 0.25) is 0 Å². The Morgan fingerprint density at radius 3 is 3.25 bits per heavy atom.